The lowest BCUT2D eigenvalue weighted by molar-refractivity contribution is 0.0916. The Morgan fingerprint density at radius 1 is 1.56 bits per heavy atom. The average Bonchev–Trinajstić information content (AvgIpc) is 2.76. The summed E-state index contributed by atoms with van der Waals surface area (Å²) in [5.74, 6) is -0.0735. The predicted molar refractivity (Wildman–Crippen MR) is 69.2 cm³/mol. The molecule has 0 spiro atoms. The van der Waals surface area contributed by atoms with E-state index in [-0.39, 0.29) is 11.4 Å². The summed E-state index contributed by atoms with van der Waals surface area (Å²) in [5.41, 5.74) is 0.557. The van der Waals surface area contributed by atoms with Gasteiger partial charge in [-0.05, 0) is 31.3 Å². The van der Waals surface area contributed by atoms with Gasteiger partial charge in [0, 0.05) is 10.9 Å². The summed E-state index contributed by atoms with van der Waals surface area (Å²) in [6, 6.07) is 0. The third kappa shape index (κ3) is 3.01. The normalized spacial score (nSPS) is 14.5. The molecule has 0 fully saturated rings. The van der Waals surface area contributed by atoms with Crippen molar-refractivity contribution in [2.45, 2.75) is 39.2 Å². The zero-order chi connectivity index (χ0) is 12.2. The Hall–Kier alpha value is -0.490. The van der Waals surface area contributed by atoms with Gasteiger partial charge in [0.25, 0.3) is 5.91 Å². The molecule has 1 unspecified atom stereocenters. The van der Waals surface area contributed by atoms with E-state index >= 15 is 0 Å². The minimum Gasteiger partial charge on any atom is -0.345 e. The lowest BCUT2D eigenvalue weighted by Crippen LogP contribution is -2.46. The maximum atomic E-state index is 12.0. The molecule has 6 heteroatoms. The number of rotatable bonds is 5. The van der Waals surface area contributed by atoms with E-state index in [1.54, 1.807) is 0 Å². The number of aryl methyl sites for hydroxylation is 1. The van der Waals surface area contributed by atoms with Gasteiger partial charge in [-0.15, -0.1) is 5.10 Å². The minimum absolute atomic E-state index is 0.0735. The van der Waals surface area contributed by atoms with Crippen LogP contribution in [0.5, 0.6) is 0 Å². The number of amides is 1. The quantitative estimate of drug-likeness (QED) is 0.850. The van der Waals surface area contributed by atoms with Crippen molar-refractivity contribution in [3.05, 3.63) is 10.6 Å². The zero-order valence-corrected chi connectivity index (χ0v) is 12.1. The summed E-state index contributed by atoms with van der Waals surface area (Å²) in [5, 5.41) is 7.68. The van der Waals surface area contributed by atoms with E-state index in [4.69, 9.17) is 0 Å². The Bertz CT molecular complexity index is 363. The van der Waals surface area contributed by atoms with Gasteiger partial charge in [0.1, 0.15) is 4.88 Å². The van der Waals surface area contributed by atoms with Crippen molar-refractivity contribution in [3.8, 4) is 0 Å². The Morgan fingerprint density at radius 3 is 2.75 bits per heavy atom. The molecule has 1 atom stereocenters. The van der Waals surface area contributed by atoms with Crippen LogP contribution in [-0.2, 0) is 6.42 Å². The highest BCUT2D eigenvalue weighted by molar-refractivity contribution is 9.09. The molecule has 1 aromatic rings. The molecular weight excluding hydrogens is 290 g/mol. The van der Waals surface area contributed by atoms with Gasteiger partial charge in [0.15, 0.2) is 0 Å². The summed E-state index contributed by atoms with van der Waals surface area (Å²) >= 11 is 4.57. The second-order valence-electron chi connectivity index (χ2n) is 3.90. The monoisotopic (exact) mass is 305 g/mol. The number of aromatic nitrogens is 2. The Morgan fingerprint density at radius 2 is 2.25 bits per heavy atom. The van der Waals surface area contributed by atoms with Crippen molar-refractivity contribution in [1.29, 1.82) is 0 Å². The Labute approximate surface area is 108 Å². The van der Waals surface area contributed by atoms with Gasteiger partial charge in [-0.2, -0.15) is 0 Å². The molecule has 0 saturated carbocycles. The van der Waals surface area contributed by atoms with E-state index in [1.165, 1.54) is 0 Å². The summed E-state index contributed by atoms with van der Waals surface area (Å²) < 4.78 is 3.81. The molecule has 0 bridgehead atoms. The number of nitrogens with zero attached hydrogens (tertiary/aromatic N) is 2. The predicted octanol–water partition coefficient (Wildman–Crippen LogP) is 2.39. The molecule has 0 radical (unpaired) electrons. The van der Waals surface area contributed by atoms with Gasteiger partial charge >= 0.3 is 0 Å². The SMILES string of the molecule is CCc1nnsc1C(=O)NC(C)(CC)CBr. The molecule has 1 heterocycles. The lowest BCUT2D eigenvalue weighted by atomic mass is 10.0. The molecular formula is C10H16BrN3OS. The fourth-order valence-corrected chi connectivity index (χ4v) is 2.34. The second kappa shape index (κ2) is 5.72. The van der Waals surface area contributed by atoms with Crippen LogP contribution in [0.4, 0.5) is 0 Å². The molecule has 16 heavy (non-hydrogen) atoms. The van der Waals surface area contributed by atoms with Gasteiger partial charge in [-0.3, -0.25) is 4.79 Å². The first-order chi connectivity index (χ1) is 7.56. The van der Waals surface area contributed by atoms with E-state index < -0.39 is 0 Å². The number of carbonyl (C=O) groups excluding carboxylic acids is 1. The third-order valence-electron chi connectivity index (χ3n) is 2.59. The maximum Gasteiger partial charge on any atom is 0.265 e. The fraction of sp³-hybridized carbons (Fsp3) is 0.700. The van der Waals surface area contributed by atoms with Gasteiger partial charge in [-0.25, -0.2) is 0 Å². The lowest BCUT2D eigenvalue weighted by Gasteiger charge is -2.26. The summed E-state index contributed by atoms with van der Waals surface area (Å²) in [6.07, 6.45) is 1.61. The van der Waals surface area contributed by atoms with Gasteiger partial charge in [0.05, 0.1) is 5.69 Å². The highest BCUT2D eigenvalue weighted by atomic mass is 79.9. The molecule has 1 amide bonds. The zero-order valence-electron chi connectivity index (χ0n) is 9.71. The summed E-state index contributed by atoms with van der Waals surface area (Å²) in [7, 11) is 0. The number of hydrogen-bond acceptors (Lipinski definition) is 4. The number of halogens is 1. The topological polar surface area (TPSA) is 54.9 Å². The minimum atomic E-state index is -0.216. The van der Waals surface area contributed by atoms with E-state index in [1.807, 2.05) is 20.8 Å². The van der Waals surface area contributed by atoms with Gasteiger partial charge in [0.2, 0.25) is 0 Å². The van der Waals surface area contributed by atoms with E-state index in [0.717, 1.165) is 35.4 Å². The molecule has 1 rings (SSSR count). The van der Waals surface area contributed by atoms with Crippen LogP contribution < -0.4 is 5.32 Å². The van der Waals surface area contributed by atoms with Crippen molar-refractivity contribution in [3.63, 3.8) is 0 Å². The maximum absolute atomic E-state index is 12.0. The smallest absolute Gasteiger partial charge is 0.265 e. The molecule has 0 saturated heterocycles. The number of nitrogens with one attached hydrogen (secondary N) is 1. The van der Waals surface area contributed by atoms with Crippen LogP contribution in [0.1, 0.15) is 42.6 Å². The van der Waals surface area contributed by atoms with Crippen LogP contribution >= 0.6 is 27.5 Å². The van der Waals surface area contributed by atoms with Crippen LogP contribution in [0.2, 0.25) is 0 Å². The first kappa shape index (κ1) is 13.6. The number of hydrogen-bond donors (Lipinski definition) is 1. The van der Waals surface area contributed by atoms with Crippen LogP contribution in [-0.4, -0.2) is 26.4 Å². The van der Waals surface area contributed by atoms with E-state index in [0.29, 0.717) is 4.88 Å². The first-order valence-corrected chi connectivity index (χ1v) is 7.15. The summed E-state index contributed by atoms with van der Waals surface area (Å²) in [4.78, 5) is 12.6. The summed E-state index contributed by atoms with van der Waals surface area (Å²) in [6.45, 7) is 6.03. The molecule has 0 aromatic carbocycles. The van der Waals surface area contributed by atoms with Gasteiger partial charge in [-0.1, -0.05) is 34.3 Å². The van der Waals surface area contributed by atoms with Crippen LogP contribution in [0.25, 0.3) is 0 Å². The standard InChI is InChI=1S/C10H16BrN3OS/c1-4-7-8(16-14-13-7)9(15)12-10(3,5-2)6-11/h4-6H2,1-3H3,(H,12,15). The highest BCUT2D eigenvalue weighted by Crippen LogP contribution is 2.16. The average molecular weight is 306 g/mol. The highest BCUT2D eigenvalue weighted by Gasteiger charge is 2.25. The molecule has 0 aliphatic carbocycles. The van der Waals surface area contributed by atoms with Crippen LogP contribution in [0.3, 0.4) is 0 Å². The van der Waals surface area contributed by atoms with Crippen molar-refractivity contribution in [2.75, 3.05) is 5.33 Å². The van der Waals surface area contributed by atoms with E-state index in [2.05, 4.69) is 30.8 Å². The molecule has 0 aliphatic heterocycles. The molecule has 1 N–H and O–H groups in total. The molecule has 90 valence electrons. The van der Waals surface area contributed by atoms with E-state index in [9.17, 15) is 4.79 Å². The third-order valence-corrected chi connectivity index (χ3v) is 4.59. The molecule has 4 nitrogen and oxygen atoms in total. The molecule has 1 aromatic heterocycles. The van der Waals surface area contributed by atoms with Crippen LogP contribution in [0, 0.1) is 0 Å². The number of alkyl halides is 1. The molecule has 0 aliphatic rings. The Balaban J connectivity index is 2.80. The van der Waals surface area contributed by atoms with Crippen molar-refractivity contribution in [2.24, 2.45) is 0 Å². The second-order valence-corrected chi connectivity index (χ2v) is 5.22. The fourth-order valence-electron chi connectivity index (χ4n) is 1.16. The first-order valence-electron chi connectivity index (χ1n) is 5.26. The van der Waals surface area contributed by atoms with Crippen molar-refractivity contribution in [1.82, 2.24) is 14.9 Å². The van der Waals surface area contributed by atoms with Crippen molar-refractivity contribution < 1.29 is 4.79 Å². The Kier molecular flexibility index (Phi) is 4.86. The van der Waals surface area contributed by atoms with Gasteiger partial charge < -0.3 is 5.32 Å². The van der Waals surface area contributed by atoms with Crippen molar-refractivity contribution >= 4 is 33.4 Å². The number of carbonyl (C=O) groups is 1. The largest absolute Gasteiger partial charge is 0.345 e. The van der Waals surface area contributed by atoms with Crippen LogP contribution in [0.15, 0.2) is 0 Å².